The largest absolute Gasteiger partial charge is 0.327 e. The van der Waals surface area contributed by atoms with Gasteiger partial charge >= 0.3 is 5.82 Å². The summed E-state index contributed by atoms with van der Waals surface area (Å²) in [4.78, 5) is 4.49. The third-order valence-electron chi connectivity index (χ3n) is 2.84. The molecule has 0 N–H and O–H groups in total. The summed E-state index contributed by atoms with van der Waals surface area (Å²) >= 11 is 0. The van der Waals surface area contributed by atoms with Gasteiger partial charge in [0.15, 0.2) is 0 Å². The van der Waals surface area contributed by atoms with Crippen LogP contribution in [0.2, 0.25) is 0 Å². The van der Waals surface area contributed by atoms with Crippen LogP contribution in [-0.2, 0) is 0 Å². The SMILES string of the molecule is c1ccc(-c2ccc(-[n+]3ccccc3)nc2)cc1. The second kappa shape index (κ2) is 4.80. The number of aromatic nitrogens is 2. The zero-order valence-corrected chi connectivity index (χ0v) is 9.90. The molecule has 0 aliphatic carbocycles. The molecule has 0 aliphatic heterocycles. The van der Waals surface area contributed by atoms with Gasteiger partial charge in [0.1, 0.15) is 6.20 Å². The normalized spacial score (nSPS) is 10.2. The van der Waals surface area contributed by atoms with E-state index in [0.29, 0.717) is 0 Å². The average molecular weight is 233 g/mol. The summed E-state index contributed by atoms with van der Waals surface area (Å²) in [5, 5.41) is 0. The highest BCUT2D eigenvalue weighted by Gasteiger charge is 2.06. The van der Waals surface area contributed by atoms with Crippen molar-refractivity contribution in [2.45, 2.75) is 0 Å². The lowest BCUT2D eigenvalue weighted by molar-refractivity contribution is -0.599. The van der Waals surface area contributed by atoms with Crippen molar-refractivity contribution in [2.75, 3.05) is 0 Å². The van der Waals surface area contributed by atoms with Crippen molar-refractivity contribution >= 4 is 0 Å². The average Bonchev–Trinajstić information content (AvgIpc) is 2.49. The minimum absolute atomic E-state index is 0.926. The first-order valence-electron chi connectivity index (χ1n) is 5.92. The molecule has 2 aromatic heterocycles. The van der Waals surface area contributed by atoms with Gasteiger partial charge in [0, 0.05) is 11.6 Å². The smallest absolute Gasteiger partial charge is 0.203 e. The van der Waals surface area contributed by atoms with Crippen LogP contribution in [-0.4, -0.2) is 4.98 Å². The fourth-order valence-corrected chi connectivity index (χ4v) is 1.89. The van der Waals surface area contributed by atoms with Gasteiger partial charge in [0.05, 0.1) is 12.4 Å². The van der Waals surface area contributed by atoms with Crippen LogP contribution in [0.1, 0.15) is 0 Å². The van der Waals surface area contributed by atoms with Gasteiger partial charge in [-0.25, -0.2) is 4.57 Å². The number of nitrogens with zero attached hydrogens (tertiary/aromatic N) is 2. The summed E-state index contributed by atoms with van der Waals surface area (Å²) in [6, 6.07) is 20.4. The monoisotopic (exact) mass is 233 g/mol. The highest BCUT2D eigenvalue weighted by atomic mass is 15.0. The summed E-state index contributed by atoms with van der Waals surface area (Å²) in [5.41, 5.74) is 2.32. The van der Waals surface area contributed by atoms with E-state index in [1.807, 2.05) is 65.6 Å². The Morgan fingerprint density at radius 2 is 1.39 bits per heavy atom. The van der Waals surface area contributed by atoms with Crippen LogP contribution in [0.4, 0.5) is 0 Å². The van der Waals surface area contributed by atoms with Gasteiger partial charge in [-0.15, -0.1) is 0 Å². The molecule has 18 heavy (non-hydrogen) atoms. The van der Waals surface area contributed by atoms with E-state index in [0.717, 1.165) is 11.4 Å². The van der Waals surface area contributed by atoms with Crippen molar-refractivity contribution < 1.29 is 4.57 Å². The predicted octanol–water partition coefficient (Wildman–Crippen LogP) is 3.03. The Bertz CT molecular complexity index is 558. The van der Waals surface area contributed by atoms with Gasteiger partial charge in [-0.1, -0.05) is 36.4 Å². The van der Waals surface area contributed by atoms with E-state index in [1.165, 1.54) is 5.56 Å². The summed E-state index contributed by atoms with van der Waals surface area (Å²) in [5.74, 6) is 0.926. The molecule has 0 bridgehead atoms. The van der Waals surface area contributed by atoms with Gasteiger partial charge in [-0.05, 0) is 28.7 Å². The zero-order valence-electron chi connectivity index (χ0n) is 9.90. The molecule has 0 fully saturated rings. The quantitative estimate of drug-likeness (QED) is 0.622. The first-order valence-corrected chi connectivity index (χ1v) is 5.92. The maximum absolute atomic E-state index is 4.49. The Balaban J connectivity index is 1.95. The third kappa shape index (κ3) is 2.13. The van der Waals surface area contributed by atoms with Gasteiger partial charge in [-0.2, -0.15) is 0 Å². The lowest BCUT2D eigenvalue weighted by atomic mass is 10.1. The highest BCUT2D eigenvalue weighted by Crippen LogP contribution is 2.17. The molecule has 2 heteroatoms. The van der Waals surface area contributed by atoms with E-state index in [2.05, 4.69) is 23.2 Å². The van der Waals surface area contributed by atoms with Crippen LogP contribution in [0, 0.1) is 0 Å². The molecular formula is C16H13N2+. The Hall–Kier alpha value is -2.48. The molecule has 0 atom stereocenters. The van der Waals surface area contributed by atoms with E-state index >= 15 is 0 Å². The molecule has 3 rings (SSSR count). The van der Waals surface area contributed by atoms with E-state index in [-0.39, 0.29) is 0 Å². The molecule has 0 saturated heterocycles. The second-order valence-electron chi connectivity index (χ2n) is 4.05. The van der Waals surface area contributed by atoms with Gasteiger partial charge in [0.2, 0.25) is 0 Å². The van der Waals surface area contributed by atoms with Crippen LogP contribution in [0.25, 0.3) is 16.9 Å². The highest BCUT2D eigenvalue weighted by molar-refractivity contribution is 5.62. The molecule has 0 spiro atoms. The van der Waals surface area contributed by atoms with Crippen molar-refractivity contribution in [1.82, 2.24) is 4.98 Å². The summed E-state index contributed by atoms with van der Waals surface area (Å²) in [7, 11) is 0. The number of benzene rings is 1. The molecule has 1 aromatic carbocycles. The minimum Gasteiger partial charge on any atom is -0.203 e. The maximum atomic E-state index is 4.49. The van der Waals surface area contributed by atoms with Crippen molar-refractivity contribution in [1.29, 1.82) is 0 Å². The Morgan fingerprint density at radius 3 is 2.06 bits per heavy atom. The van der Waals surface area contributed by atoms with Gasteiger partial charge in [0.25, 0.3) is 0 Å². The van der Waals surface area contributed by atoms with Crippen LogP contribution < -0.4 is 4.57 Å². The first-order chi connectivity index (χ1) is 8.93. The fourth-order valence-electron chi connectivity index (χ4n) is 1.89. The van der Waals surface area contributed by atoms with Gasteiger partial charge in [-0.3, -0.25) is 0 Å². The Morgan fingerprint density at radius 1 is 0.667 bits per heavy atom. The molecule has 86 valence electrons. The predicted molar refractivity (Wildman–Crippen MR) is 71.2 cm³/mol. The number of hydrogen-bond acceptors (Lipinski definition) is 1. The summed E-state index contributed by atoms with van der Waals surface area (Å²) in [6.45, 7) is 0. The van der Waals surface area contributed by atoms with Gasteiger partial charge < -0.3 is 0 Å². The van der Waals surface area contributed by atoms with E-state index in [1.54, 1.807) is 0 Å². The molecule has 0 aliphatic rings. The molecule has 0 radical (unpaired) electrons. The van der Waals surface area contributed by atoms with Crippen molar-refractivity contribution in [3.8, 4) is 16.9 Å². The van der Waals surface area contributed by atoms with Crippen LogP contribution >= 0.6 is 0 Å². The van der Waals surface area contributed by atoms with E-state index in [9.17, 15) is 0 Å². The first kappa shape index (κ1) is 10.7. The van der Waals surface area contributed by atoms with Crippen LogP contribution in [0.15, 0.2) is 79.3 Å². The molecule has 0 unspecified atom stereocenters. The fraction of sp³-hybridized carbons (Fsp3) is 0. The molecule has 0 saturated carbocycles. The molecular weight excluding hydrogens is 220 g/mol. The van der Waals surface area contributed by atoms with Crippen molar-refractivity contribution in [3.63, 3.8) is 0 Å². The maximum Gasteiger partial charge on any atom is 0.327 e. The summed E-state index contributed by atoms with van der Waals surface area (Å²) < 4.78 is 1.99. The standard InChI is InChI=1S/C16H13N2/c1-3-7-14(8-4-1)15-9-10-16(17-13-15)18-11-5-2-6-12-18/h1-13H/q+1. The van der Waals surface area contributed by atoms with E-state index < -0.39 is 0 Å². The summed E-state index contributed by atoms with van der Waals surface area (Å²) in [6.07, 6.45) is 5.89. The number of hydrogen-bond donors (Lipinski definition) is 0. The Kier molecular flexibility index (Phi) is 2.84. The third-order valence-corrected chi connectivity index (χ3v) is 2.84. The minimum atomic E-state index is 0.926. The lowest BCUT2D eigenvalue weighted by Gasteiger charge is -1.99. The molecule has 0 amide bonds. The Labute approximate surface area is 106 Å². The van der Waals surface area contributed by atoms with Crippen molar-refractivity contribution in [3.05, 3.63) is 79.3 Å². The molecule has 2 heterocycles. The topological polar surface area (TPSA) is 16.8 Å². The molecule has 2 nitrogen and oxygen atoms in total. The van der Waals surface area contributed by atoms with E-state index in [4.69, 9.17) is 0 Å². The van der Waals surface area contributed by atoms with Crippen LogP contribution in [0.5, 0.6) is 0 Å². The van der Waals surface area contributed by atoms with Crippen LogP contribution in [0.3, 0.4) is 0 Å². The number of rotatable bonds is 2. The van der Waals surface area contributed by atoms with Crippen molar-refractivity contribution in [2.24, 2.45) is 0 Å². The molecule has 3 aromatic rings. The zero-order chi connectivity index (χ0) is 12.2. The second-order valence-corrected chi connectivity index (χ2v) is 4.05. The lowest BCUT2D eigenvalue weighted by Crippen LogP contribution is -2.30. The number of pyridine rings is 2.